The molecule has 6 heteroatoms. The maximum atomic E-state index is 11.2. The monoisotopic (exact) mass is 252 g/mol. The fourth-order valence-electron chi connectivity index (χ4n) is 1.31. The van der Waals surface area contributed by atoms with Crippen molar-refractivity contribution in [3.8, 4) is 0 Å². The molecule has 0 unspecified atom stereocenters. The number of nitrogens with zero attached hydrogens (tertiary/aromatic N) is 2. The van der Waals surface area contributed by atoms with Gasteiger partial charge in [-0.15, -0.1) is 0 Å². The fraction of sp³-hybridized carbons (Fsp3) is 0.500. The Morgan fingerprint density at radius 3 is 2.67 bits per heavy atom. The molecule has 1 heterocycles. The van der Waals surface area contributed by atoms with Crippen molar-refractivity contribution in [1.29, 1.82) is 0 Å². The molecule has 0 aliphatic heterocycles. The number of amides is 1. The van der Waals surface area contributed by atoms with E-state index in [4.69, 9.17) is 5.84 Å². The third kappa shape index (κ3) is 3.49. The van der Waals surface area contributed by atoms with Crippen molar-refractivity contribution < 1.29 is 9.90 Å². The van der Waals surface area contributed by atoms with Crippen LogP contribution in [0.1, 0.15) is 29.9 Å². The lowest BCUT2D eigenvalue weighted by Gasteiger charge is -2.33. The van der Waals surface area contributed by atoms with Gasteiger partial charge >= 0.3 is 0 Å². The topological polar surface area (TPSA) is 91.5 Å². The number of hydrogen-bond acceptors (Lipinski definition) is 5. The number of nitrogens with one attached hydrogen (secondary N) is 1. The number of pyridine rings is 1. The van der Waals surface area contributed by atoms with Gasteiger partial charge in [0.25, 0.3) is 5.91 Å². The van der Waals surface area contributed by atoms with E-state index in [-0.39, 0.29) is 18.1 Å². The highest BCUT2D eigenvalue weighted by atomic mass is 16.3. The normalized spacial score (nSPS) is 11.7. The number of aliphatic hydroxyl groups is 1. The minimum atomic E-state index is -0.363. The van der Waals surface area contributed by atoms with Crippen LogP contribution in [0.4, 0.5) is 0 Å². The van der Waals surface area contributed by atoms with Gasteiger partial charge in [-0.3, -0.25) is 20.1 Å². The maximum Gasteiger partial charge on any atom is 0.266 e. The second-order valence-corrected chi connectivity index (χ2v) is 4.84. The van der Waals surface area contributed by atoms with Crippen LogP contribution in [0.25, 0.3) is 0 Å². The van der Waals surface area contributed by atoms with E-state index in [0.29, 0.717) is 12.1 Å². The number of likely N-dealkylation sites (N-methyl/N-ethyl adjacent to an activating group) is 1. The number of hydrazine groups is 1. The van der Waals surface area contributed by atoms with Gasteiger partial charge in [-0.1, -0.05) is 0 Å². The summed E-state index contributed by atoms with van der Waals surface area (Å²) in [5, 5.41) is 9.26. The molecule has 1 aromatic heterocycles. The molecule has 0 fully saturated rings. The Kier molecular flexibility index (Phi) is 4.77. The zero-order valence-corrected chi connectivity index (χ0v) is 11.0. The Hall–Kier alpha value is -1.50. The van der Waals surface area contributed by atoms with E-state index < -0.39 is 0 Å². The average Bonchev–Trinajstić information content (AvgIpc) is 2.38. The van der Waals surface area contributed by atoms with Crippen molar-refractivity contribution >= 4 is 5.91 Å². The van der Waals surface area contributed by atoms with E-state index in [1.807, 2.05) is 25.8 Å². The molecule has 0 atom stereocenters. The first-order valence-electron chi connectivity index (χ1n) is 5.68. The molecule has 0 aliphatic rings. The predicted octanol–water partition coefficient (Wildman–Crippen LogP) is -0.112. The molecule has 4 N–H and O–H groups in total. The molecule has 0 radical (unpaired) electrons. The number of aromatic nitrogens is 1. The highest BCUT2D eigenvalue weighted by Gasteiger charge is 2.22. The van der Waals surface area contributed by atoms with E-state index >= 15 is 0 Å². The SMILES string of the molecule is CN(Cc1ccc(C(=O)NN)cn1)C(C)(C)CO. The van der Waals surface area contributed by atoms with Gasteiger partial charge in [-0.2, -0.15) is 0 Å². The summed E-state index contributed by atoms with van der Waals surface area (Å²) in [7, 11) is 1.92. The zero-order chi connectivity index (χ0) is 13.8. The summed E-state index contributed by atoms with van der Waals surface area (Å²) in [4.78, 5) is 17.4. The molecule has 1 amide bonds. The Morgan fingerprint density at radius 2 is 2.22 bits per heavy atom. The van der Waals surface area contributed by atoms with Gasteiger partial charge in [0.05, 0.1) is 17.9 Å². The highest BCUT2D eigenvalue weighted by molar-refractivity contribution is 5.93. The average molecular weight is 252 g/mol. The molecule has 0 aliphatic carbocycles. The second kappa shape index (κ2) is 5.90. The quantitative estimate of drug-likeness (QED) is 0.386. The third-order valence-electron chi connectivity index (χ3n) is 3.04. The van der Waals surface area contributed by atoms with Crippen LogP contribution < -0.4 is 11.3 Å². The summed E-state index contributed by atoms with van der Waals surface area (Å²) in [6.45, 7) is 4.56. The van der Waals surface area contributed by atoms with E-state index in [1.165, 1.54) is 6.20 Å². The van der Waals surface area contributed by atoms with Crippen molar-refractivity contribution in [3.05, 3.63) is 29.6 Å². The summed E-state index contributed by atoms with van der Waals surface area (Å²) in [5.74, 6) is 4.67. The number of nitrogens with two attached hydrogens (primary N) is 1. The van der Waals surface area contributed by atoms with E-state index in [1.54, 1.807) is 12.1 Å². The molecule has 0 saturated heterocycles. The number of aliphatic hydroxyl groups excluding tert-OH is 1. The van der Waals surface area contributed by atoms with Crippen LogP contribution in [-0.4, -0.2) is 40.1 Å². The minimum Gasteiger partial charge on any atom is -0.394 e. The van der Waals surface area contributed by atoms with Crippen molar-refractivity contribution in [2.75, 3.05) is 13.7 Å². The molecular formula is C12H20N4O2. The maximum absolute atomic E-state index is 11.2. The van der Waals surface area contributed by atoms with Crippen LogP contribution in [0.3, 0.4) is 0 Å². The number of carbonyl (C=O) groups excluding carboxylic acids is 1. The first-order chi connectivity index (χ1) is 8.40. The minimum absolute atomic E-state index is 0.0666. The molecule has 100 valence electrons. The van der Waals surface area contributed by atoms with Crippen molar-refractivity contribution in [3.63, 3.8) is 0 Å². The van der Waals surface area contributed by atoms with Crippen LogP contribution in [0.5, 0.6) is 0 Å². The zero-order valence-electron chi connectivity index (χ0n) is 11.0. The van der Waals surface area contributed by atoms with Crippen LogP contribution in [-0.2, 0) is 6.54 Å². The van der Waals surface area contributed by atoms with Gasteiger partial charge < -0.3 is 5.11 Å². The van der Waals surface area contributed by atoms with Gasteiger partial charge in [0.1, 0.15) is 0 Å². The number of carbonyl (C=O) groups is 1. The fourth-order valence-corrected chi connectivity index (χ4v) is 1.31. The number of hydrogen-bond donors (Lipinski definition) is 3. The molecule has 18 heavy (non-hydrogen) atoms. The molecule has 6 nitrogen and oxygen atoms in total. The van der Waals surface area contributed by atoms with Gasteiger partial charge in [-0.05, 0) is 33.0 Å². The Morgan fingerprint density at radius 1 is 1.56 bits per heavy atom. The molecule has 0 aromatic carbocycles. The van der Waals surface area contributed by atoms with Crippen LogP contribution >= 0.6 is 0 Å². The lowest BCUT2D eigenvalue weighted by Crippen LogP contribution is -2.43. The van der Waals surface area contributed by atoms with Crippen LogP contribution in [0, 0.1) is 0 Å². The Balaban J connectivity index is 2.72. The van der Waals surface area contributed by atoms with E-state index in [9.17, 15) is 9.90 Å². The highest BCUT2D eigenvalue weighted by Crippen LogP contribution is 2.14. The lowest BCUT2D eigenvalue weighted by atomic mass is 10.0. The van der Waals surface area contributed by atoms with Crippen LogP contribution in [0.15, 0.2) is 18.3 Å². The second-order valence-electron chi connectivity index (χ2n) is 4.84. The first-order valence-corrected chi connectivity index (χ1v) is 5.68. The smallest absolute Gasteiger partial charge is 0.266 e. The molecule has 0 saturated carbocycles. The summed E-state index contributed by atoms with van der Waals surface area (Å²) < 4.78 is 0. The molecule has 0 spiro atoms. The summed E-state index contributed by atoms with van der Waals surface area (Å²) in [6.07, 6.45) is 1.48. The lowest BCUT2D eigenvalue weighted by molar-refractivity contribution is 0.0724. The molecule has 1 rings (SSSR count). The van der Waals surface area contributed by atoms with Crippen molar-refractivity contribution in [1.82, 2.24) is 15.3 Å². The predicted molar refractivity (Wildman–Crippen MR) is 68.5 cm³/mol. The van der Waals surface area contributed by atoms with Gasteiger partial charge in [0.15, 0.2) is 0 Å². The first kappa shape index (κ1) is 14.6. The summed E-state index contributed by atoms with van der Waals surface area (Å²) >= 11 is 0. The summed E-state index contributed by atoms with van der Waals surface area (Å²) in [6, 6.07) is 3.44. The van der Waals surface area contributed by atoms with Gasteiger partial charge in [0.2, 0.25) is 0 Å². The Bertz CT molecular complexity index is 403. The molecular weight excluding hydrogens is 232 g/mol. The largest absolute Gasteiger partial charge is 0.394 e. The third-order valence-corrected chi connectivity index (χ3v) is 3.04. The van der Waals surface area contributed by atoms with E-state index in [2.05, 4.69) is 10.4 Å². The van der Waals surface area contributed by atoms with Gasteiger partial charge in [0, 0.05) is 18.3 Å². The van der Waals surface area contributed by atoms with E-state index in [0.717, 1.165) is 5.69 Å². The molecule has 0 bridgehead atoms. The van der Waals surface area contributed by atoms with Crippen molar-refractivity contribution in [2.45, 2.75) is 25.9 Å². The molecule has 1 aromatic rings. The number of nitrogen functional groups attached to an aromatic ring is 1. The van der Waals surface area contributed by atoms with Gasteiger partial charge in [-0.25, -0.2) is 5.84 Å². The standard InChI is InChI=1S/C12H20N4O2/c1-12(2,8-17)16(3)7-10-5-4-9(6-14-10)11(18)15-13/h4-6,17H,7-8,13H2,1-3H3,(H,15,18). The Labute approximate surface area is 107 Å². The van der Waals surface area contributed by atoms with Crippen molar-refractivity contribution in [2.24, 2.45) is 5.84 Å². The summed E-state index contributed by atoms with van der Waals surface area (Å²) in [5.41, 5.74) is 2.99. The number of rotatable bonds is 5. The van der Waals surface area contributed by atoms with Crippen LogP contribution in [0.2, 0.25) is 0 Å².